The largest absolute Gasteiger partial charge is 0.490 e. The van der Waals surface area contributed by atoms with Crippen LogP contribution in [0.25, 0.3) is 10.9 Å². The summed E-state index contributed by atoms with van der Waals surface area (Å²) in [7, 11) is 0. The Morgan fingerprint density at radius 1 is 0.944 bits per heavy atom. The fourth-order valence-electron chi connectivity index (χ4n) is 4.47. The van der Waals surface area contributed by atoms with Gasteiger partial charge in [-0.2, -0.15) is 4.98 Å². The van der Waals surface area contributed by atoms with Gasteiger partial charge in [0, 0.05) is 18.5 Å². The minimum atomic E-state index is 0.577. The van der Waals surface area contributed by atoms with Gasteiger partial charge in [0.15, 0.2) is 0 Å². The second-order valence-electron chi connectivity index (χ2n) is 8.71. The molecule has 7 nitrogen and oxygen atoms in total. The molecule has 0 spiro atoms. The van der Waals surface area contributed by atoms with Crippen molar-refractivity contribution in [3.63, 3.8) is 0 Å². The molecule has 1 aliphatic heterocycles. The number of hydrogen-bond acceptors (Lipinski definition) is 7. The number of ether oxygens (including phenoxy) is 2. The molecular formula is C29H33N5O2. The van der Waals surface area contributed by atoms with Crippen LogP contribution in [0.2, 0.25) is 0 Å². The summed E-state index contributed by atoms with van der Waals surface area (Å²) in [5.74, 6) is 3.04. The van der Waals surface area contributed by atoms with Crippen molar-refractivity contribution in [2.75, 3.05) is 49.6 Å². The Bertz CT molecular complexity index is 1290. The van der Waals surface area contributed by atoms with E-state index >= 15 is 0 Å². The predicted molar refractivity (Wildman–Crippen MR) is 146 cm³/mol. The molecule has 0 radical (unpaired) electrons. The molecule has 0 fully saturated rings. The first-order valence-corrected chi connectivity index (χ1v) is 12.7. The van der Waals surface area contributed by atoms with Crippen molar-refractivity contribution in [3.8, 4) is 11.5 Å². The summed E-state index contributed by atoms with van der Waals surface area (Å²) in [4.78, 5) is 14.5. The zero-order chi connectivity index (χ0) is 24.7. The van der Waals surface area contributed by atoms with Crippen LogP contribution in [0.3, 0.4) is 0 Å². The SMILES string of the molecule is CCN(CC)CCOc1cccc2c(NCc3ccccc3)nc(N3CCOc4ccccc43)nc12. The van der Waals surface area contributed by atoms with Gasteiger partial charge in [0.05, 0.1) is 12.2 Å². The van der Waals surface area contributed by atoms with Gasteiger partial charge in [-0.1, -0.05) is 62.4 Å². The van der Waals surface area contributed by atoms with Crippen molar-refractivity contribution in [1.29, 1.82) is 0 Å². The van der Waals surface area contributed by atoms with Crippen LogP contribution < -0.4 is 19.7 Å². The van der Waals surface area contributed by atoms with Crippen LogP contribution in [0.1, 0.15) is 19.4 Å². The van der Waals surface area contributed by atoms with Crippen molar-refractivity contribution in [2.24, 2.45) is 0 Å². The third kappa shape index (κ3) is 5.21. The Balaban J connectivity index is 1.53. The molecule has 2 heterocycles. The van der Waals surface area contributed by atoms with Crippen molar-refractivity contribution in [3.05, 3.63) is 78.4 Å². The molecule has 3 aromatic carbocycles. The van der Waals surface area contributed by atoms with Crippen LogP contribution in [-0.2, 0) is 6.54 Å². The highest BCUT2D eigenvalue weighted by Gasteiger charge is 2.23. The average Bonchev–Trinajstić information content (AvgIpc) is 2.94. The predicted octanol–water partition coefficient (Wildman–Crippen LogP) is 5.49. The number of fused-ring (bicyclic) bond motifs is 2. The molecule has 0 saturated heterocycles. The van der Waals surface area contributed by atoms with E-state index in [1.165, 1.54) is 5.56 Å². The van der Waals surface area contributed by atoms with E-state index in [1.54, 1.807) is 0 Å². The third-order valence-corrected chi connectivity index (χ3v) is 6.51. The van der Waals surface area contributed by atoms with Gasteiger partial charge in [0.1, 0.15) is 36.0 Å². The van der Waals surface area contributed by atoms with E-state index < -0.39 is 0 Å². The molecule has 186 valence electrons. The van der Waals surface area contributed by atoms with E-state index in [0.717, 1.165) is 53.5 Å². The number of nitrogens with zero attached hydrogens (tertiary/aromatic N) is 4. The maximum absolute atomic E-state index is 6.28. The van der Waals surface area contributed by atoms with Gasteiger partial charge in [0.2, 0.25) is 5.95 Å². The lowest BCUT2D eigenvalue weighted by Crippen LogP contribution is -2.30. The highest BCUT2D eigenvalue weighted by Crippen LogP contribution is 2.37. The molecule has 0 amide bonds. The smallest absolute Gasteiger partial charge is 0.232 e. The zero-order valence-electron chi connectivity index (χ0n) is 21.0. The second-order valence-corrected chi connectivity index (χ2v) is 8.71. The van der Waals surface area contributed by atoms with E-state index in [-0.39, 0.29) is 0 Å². The van der Waals surface area contributed by atoms with Crippen LogP contribution in [-0.4, -0.2) is 54.3 Å². The maximum Gasteiger partial charge on any atom is 0.232 e. The van der Waals surface area contributed by atoms with Gasteiger partial charge in [-0.05, 0) is 42.9 Å². The number of benzene rings is 3. The zero-order valence-corrected chi connectivity index (χ0v) is 21.0. The maximum atomic E-state index is 6.28. The first kappa shape index (κ1) is 23.9. The van der Waals surface area contributed by atoms with E-state index in [0.29, 0.717) is 32.3 Å². The number of aromatic nitrogens is 2. The number of likely N-dealkylation sites (N-methyl/N-ethyl adjacent to an activating group) is 1. The Kier molecular flexibility index (Phi) is 7.47. The number of para-hydroxylation sites is 3. The Hall–Kier alpha value is -3.84. The van der Waals surface area contributed by atoms with Gasteiger partial charge < -0.3 is 24.6 Å². The standard InChI is InChI=1S/C29H33N5O2/c1-3-33(4-2)17-19-36-26-16-10-13-23-27(26)31-29(32-28(23)30-21-22-11-6-5-7-12-22)34-18-20-35-25-15-9-8-14-24(25)34/h5-16H,3-4,17-21H2,1-2H3,(H,30,31,32). The number of nitrogens with one attached hydrogen (secondary N) is 1. The molecule has 5 rings (SSSR count). The lowest BCUT2D eigenvalue weighted by Gasteiger charge is -2.30. The lowest BCUT2D eigenvalue weighted by atomic mass is 10.2. The highest BCUT2D eigenvalue weighted by atomic mass is 16.5. The average molecular weight is 484 g/mol. The Labute approximate surface area is 212 Å². The topological polar surface area (TPSA) is 62.8 Å². The van der Waals surface area contributed by atoms with E-state index in [4.69, 9.17) is 19.4 Å². The second kappa shape index (κ2) is 11.3. The molecule has 7 heteroatoms. The van der Waals surface area contributed by atoms with Crippen molar-refractivity contribution in [2.45, 2.75) is 20.4 Å². The summed E-state index contributed by atoms with van der Waals surface area (Å²) in [6.07, 6.45) is 0. The van der Waals surface area contributed by atoms with Crippen LogP contribution in [0.4, 0.5) is 17.5 Å². The molecule has 1 N–H and O–H groups in total. The summed E-state index contributed by atoms with van der Waals surface area (Å²) in [6, 6.07) is 24.4. The summed E-state index contributed by atoms with van der Waals surface area (Å²) < 4.78 is 12.2. The first-order chi connectivity index (χ1) is 17.8. The van der Waals surface area contributed by atoms with Gasteiger partial charge in [-0.25, -0.2) is 4.98 Å². The molecule has 0 saturated carbocycles. The third-order valence-electron chi connectivity index (χ3n) is 6.51. The fraction of sp³-hybridized carbons (Fsp3) is 0.310. The molecule has 0 bridgehead atoms. The van der Waals surface area contributed by atoms with Gasteiger partial charge in [0.25, 0.3) is 0 Å². The van der Waals surface area contributed by atoms with Gasteiger partial charge in [-0.15, -0.1) is 0 Å². The quantitative estimate of drug-likeness (QED) is 0.320. The van der Waals surface area contributed by atoms with Crippen molar-refractivity contribution < 1.29 is 9.47 Å². The number of hydrogen-bond donors (Lipinski definition) is 1. The molecular weight excluding hydrogens is 450 g/mol. The molecule has 4 aromatic rings. The minimum Gasteiger partial charge on any atom is -0.490 e. The normalized spacial score (nSPS) is 12.9. The summed E-state index contributed by atoms with van der Waals surface area (Å²) in [5, 5.41) is 4.50. The van der Waals surface area contributed by atoms with Gasteiger partial charge in [-0.3, -0.25) is 0 Å². The molecule has 0 aliphatic carbocycles. The lowest BCUT2D eigenvalue weighted by molar-refractivity contribution is 0.224. The summed E-state index contributed by atoms with van der Waals surface area (Å²) >= 11 is 0. The summed E-state index contributed by atoms with van der Waals surface area (Å²) in [6.45, 7) is 9.75. The van der Waals surface area contributed by atoms with Crippen molar-refractivity contribution >= 4 is 28.4 Å². The van der Waals surface area contributed by atoms with E-state index in [1.807, 2.05) is 54.6 Å². The highest BCUT2D eigenvalue weighted by molar-refractivity contribution is 5.94. The monoisotopic (exact) mass is 483 g/mol. The number of anilines is 3. The first-order valence-electron chi connectivity index (χ1n) is 12.7. The van der Waals surface area contributed by atoms with E-state index in [9.17, 15) is 0 Å². The van der Waals surface area contributed by atoms with Crippen LogP contribution in [0.15, 0.2) is 72.8 Å². The molecule has 0 unspecified atom stereocenters. The molecule has 0 atom stereocenters. The van der Waals surface area contributed by atoms with Crippen molar-refractivity contribution in [1.82, 2.24) is 14.9 Å². The minimum absolute atomic E-state index is 0.577. The Morgan fingerprint density at radius 2 is 1.75 bits per heavy atom. The number of rotatable bonds is 10. The molecule has 36 heavy (non-hydrogen) atoms. The molecule has 1 aliphatic rings. The van der Waals surface area contributed by atoms with Crippen LogP contribution in [0.5, 0.6) is 11.5 Å². The van der Waals surface area contributed by atoms with Crippen LogP contribution >= 0.6 is 0 Å². The summed E-state index contributed by atoms with van der Waals surface area (Å²) in [5.41, 5.74) is 2.97. The van der Waals surface area contributed by atoms with Crippen LogP contribution in [0, 0.1) is 0 Å². The fourth-order valence-corrected chi connectivity index (χ4v) is 4.47. The van der Waals surface area contributed by atoms with E-state index in [2.05, 4.69) is 47.2 Å². The molecule has 1 aromatic heterocycles. The Morgan fingerprint density at radius 3 is 2.58 bits per heavy atom. The van der Waals surface area contributed by atoms with Gasteiger partial charge >= 0.3 is 0 Å².